The minimum Gasteiger partial charge on any atom is -0.478 e. The van der Waals surface area contributed by atoms with Crippen LogP contribution in [0.5, 0.6) is 0 Å². The van der Waals surface area contributed by atoms with E-state index in [9.17, 15) is 19.8 Å². The van der Waals surface area contributed by atoms with Crippen LogP contribution in [0.3, 0.4) is 0 Å². The molecule has 0 aliphatic carbocycles. The third kappa shape index (κ3) is 4.56. The summed E-state index contributed by atoms with van der Waals surface area (Å²) in [5.74, 6) is 0.255. The van der Waals surface area contributed by atoms with Gasteiger partial charge in [-0.1, -0.05) is 18.2 Å². The zero-order chi connectivity index (χ0) is 19.4. The van der Waals surface area contributed by atoms with Crippen LogP contribution in [-0.4, -0.2) is 64.7 Å². The van der Waals surface area contributed by atoms with Gasteiger partial charge in [-0.3, -0.25) is 9.69 Å². The van der Waals surface area contributed by atoms with Crippen molar-refractivity contribution in [2.24, 2.45) is 5.92 Å². The maximum Gasteiger partial charge on any atom is 0.336 e. The van der Waals surface area contributed by atoms with Crippen molar-refractivity contribution in [2.75, 3.05) is 32.8 Å². The molecule has 7 heteroatoms. The Morgan fingerprint density at radius 2 is 1.93 bits per heavy atom. The van der Waals surface area contributed by atoms with Gasteiger partial charge in [-0.05, 0) is 18.2 Å². The van der Waals surface area contributed by atoms with E-state index in [0.717, 1.165) is 5.76 Å². The predicted molar refractivity (Wildman–Crippen MR) is 99.2 cm³/mol. The van der Waals surface area contributed by atoms with Crippen LogP contribution in [0.1, 0.15) is 23.0 Å². The third-order valence-electron chi connectivity index (χ3n) is 4.85. The lowest BCUT2D eigenvalue weighted by Gasteiger charge is -2.21. The van der Waals surface area contributed by atoms with Crippen molar-refractivity contribution in [2.45, 2.75) is 13.5 Å². The van der Waals surface area contributed by atoms with E-state index in [1.165, 1.54) is 0 Å². The van der Waals surface area contributed by atoms with Crippen LogP contribution < -0.4 is 0 Å². The average Bonchev–Trinajstić information content (AvgIpc) is 3.01. The summed E-state index contributed by atoms with van der Waals surface area (Å²) in [4.78, 5) is 27.0. The fourth-order valence-corrected chi connectivity index (χ4v) is 3.44. The minimum atomic E-state index is -0.994. The molecule has 1 aliphatic rings. The second-order valence-electron chi connectivity index (χ2n) is 6.87. The quantitative estimate of drug-likeness (QED) is 0.833. The van der Waals surface area contributed by atoms with Crippen molar-refractivity contribution < 1.29 is 24.2 Å². The zero-order valence-corrected chi connectivity index (χ0v) is 15.3. The summed E-state index contributed by atoms with van der Waals surface area (Å²) in [5.41, 5.74) is 0.744. The summed E-state index contributed by atoms with van der Waals surface area (Å²) in [5, 5.41) is 18.9. The molecule has 0 radical (unpaired) electrons. The van der Waals surface area contributed by atoms with E-state index in [1.54, 1.807) is 42.2 Å². The van der Waals surface area contributed by atoms with E-state index in [1.807, 2.05) is 6.07 Å². The first-order valence-electron chi connectivity index (χ1n) is 8.98. The Labute approximate surface area is 157 Å². The molecule has 0 spiro atoms. The number of carboxylic acids is 1. The van der Waals surface area contributed by atoms with Gasteiger partial charge in [0.05, 0.1) is 12.1 Å². The van der Waals surface area contributed by atoms with Gasteiger partial charge in [0.15, 0.2) is 0 Å². The number of carbonyl (C=O) groups excluding carboxylic acids is 1. The normalized spacial score (nSPS) is 18.3. The third-order valence-corrected chi connectivity index (χ3v) is 4.85. The minimum absolute atomic E-state index is 0.00132. The molecule has 2 heterocycles. The van der Waals surface area contributed by atoms with Crippen LogP contribution in [0.4, 0.5) is 0 Å². The molecule has 0 unspecified atom stereocenters. The number of aromatic carboxylic acids is 1. The Balaban J connectivity index is 1.74. The lowest BCUT2D eigenvalue weighted by Crippen LogP contribution is -2.35. The van der Waals surface area contributed by atoms with Gasteiger partial charge in [-0.2, -0.15) is 0 Å². The van der Waals surface area contributed by atoms with Crippen LogP contribution in [0.2, 0.25) is 0 Å². The van der Waals surface area contributed by atoms with Crippen molar-refractivity contribution in [3.8, 4) is 11.3 Å². The number of rotatable bonds is 5. The van der Waals surface area contributed by atoms with Crippen LogP contribution in [0.15, 0.2) is 40.8 Å². The number of carbonyl (C=O) groups is 2. The maximum absolute atomic E-state index is 11.7. The van der Waals surface area contributed by atoms with Crippen molar-refractivity contribution >= 4 is 11.9 Å². The van der Waals surface area contributed by atoms with Crippen LogP contribution in [0, 0.1) is 5.92 Å². The highest BCUT2D eigenvalue weighted by Crippen LogP contribution is 2.26. The molecule has 3 rings (SSSR count). The molecule has 1 fully saturated rings. The fourth-order valence-electron chi connectivity index (χ4n) is 3.44. The molecule has 1 aromatic heterocycles. The van der Waals surface area contributed by atoms with Gasteiger partial charge >= 0.3 is 5.97 Å². The topological polar surface area (TPSA) is 94.2 Å². The number of hydrogen-bond acceptors (Lipinski definition) is 5. The summed E-state index contributed by atoms with van der Waals surface area (Å²) in [6, 6.07) is 10.4. The summed E-state index contributed by atoms with van der Waals surface area (Å²) in [6.07, 6.45) is 0. The molecule has 1 atom stereocenters. The molecule has 0 saturated carbocycles. The number of aliphatic hydroxyl groups excluding tert-OH is 1. The lowest BCUT2D eigenvalue weighted by atomic mass is 10.1. The fraction of sp³-hybridized carbons (Fsp3) is 0.400. The van der Waals surface area contributed by atoms with Gasteiger partial charge in [0.1, 0.15) is 11.5 Å². The molecule has 0 bridgehead atoms. The monoisotopic (exact) mass is 372 g/mol. The first-order chi connectivity index (χ1) is 13.0. The zero-order valence-electron chi connectivity index (χ0n) is 15.3. The van der Waals surface area contributed by atoms with Gasteiger partial charge in [-0.25, -0.2) is 4.79 Å². The summed E-state index contributed by atoms with van der Waals surface area (Å²) >= 11 is 0. The highest BCUT2D eigenvalue weighted by Gasteiger charge is 2.24. The van der Waals surface area contributed by atoms with Gasteiger partial charge in [0.25, 0.3) is 0 Å². The molecule has 7 nitrogen and oxygen atoms in total. The Hall–Kier alpha value is -2.64. The lowest BCUT2D eigenvalue weighted by molar-refractivity contribution is -0.129. The number of benzene rings is 1. The maximum atomic E-state index is 11.7. The Morgan fingerprint density at radius 1 is 1.15 bits per heavy atom. The van der Waals surface area contributed by atoms with E-state index in [2.05, 4.69) is 4.90 Å². The summed E-state index contributed by atoms with van der Waals surface area (Å²) < 4.78 is 5.90. The van der Waals surface area contributed by atoms with Crippen molar-refractivity contribution in [3.63, 3.8) is 0 Å². The van der Waals surface area contributed by atoms with E-state index < -0.39 is 5.97 Å². The molecular formula is C20H24N2O5. The highest BCUT2D eigenvalue weighted by atomic mass is 16.4. The number of aliphatic hydroxyl groups is 1. The molecule has 27 heavy (non-hydrogen) atoms. The largest absolute Gasteiger partial charge is 0.478 e. The first kappa shape index (κ1) is 19.1. The second kappa shape index (κ2) is 8.37. The van der Waals surface area contributed by atoms with Crippen LogP contribution >= 0.6 is 0 Å². The first-order valence-corrected chi connectivity index (χ1v) is 8.98. The highest BCUT2D eigenvalue weighted by molar-refractivity contribution is 5.95. The Morgan fingerprint density at radius 3 is 2.63 bits per heavy atom. The van der Waals surface area contributed by atoms with Crippen molar-refractivity contribution in [1.82, 2.24) is 9.80 Å². The molecule has 1 saturated heterocycles. The molecule has 2 N–H and O–H groups in total. The van der Waals surface area contributed by atoms with Crippen LogP contribution in [0.25, 0.3) is 11.3 Å². The van der Waals surface area contributed by atoms with Gasteiger partial charge in [0, 0.05) is 51.2 Å². The number of furan rings is 1. The molecule has 1 amide bonds. The summed E-state index contributed by atoms with van der Waals surface area (Å²) in [6.45, 7) is 4.63. The smallest absolute Gasteiger partial charge is 0.336 e. The Kier molecular flexibility index (Phi) is 5.93. The number of amides is 1. The molecule has 1 aromatic carbocycles. The van der Waals surface area contributed by atoms with Crippen molar-refractivity contribution in [1.29, 1.82) is 0 Å². The molecule has 2 aromatic rings. The van der Waals surface area contributed by atoms with Gasteiger partial charge in [-0.15, -0.1) is 0 Å². The van der Waals surface area contributed by atoms with E-state index in [-0.39, 0.29) is 24.0 Å². The van der Waals surface area contributed by atoms with E-state index >= 15 is 0 Å². The standard InChI is InChI=1S/C20H24N2O5/c1-14(24)22-9-8-21(10-15(11-22)13-23)12-16-6-7-19(27-16)17-4-2-3-5-18(17)20(25)26/h2-7,15,23H,8-13H2,1H3,(H,25,26)/t15-/m0/s1. The second-order valence-corrected chi connectivity index (χ2v) is 6.87. The van der Waals surface area contributed by atoms with Crippen LogP contribution in [-0.2, 0) is 11.3 Å². The SMILES string of the molecule is CC(=O)N1CCN(Cc2ccc(-c3ccccc3C(=O)O)o2)C[C@H](CO)C1. The number of nitrogens with zero attached hydrogens (tertiary/aromatic N) is 2. The van der Waals surface area contributed by atoms with E-state index in [4.69, 9.17) is 4.42 Å². The summed E-state index contributed by atoms with van der Waals surface area (Å²) in [7, 11) is 0. The van der Waals surface area contributed by atoms with Gasteiger partial charge in [0.2, 0.25) is 5.91 Å². The number of hydrogen-bond donors (Lipinski definition) is 2. The van der Waals surface area contributed by atoms with Gasteiger partial charge < -0.3 is 19.5 Å². The average molecular weight is 372 g/mol. The van der Waals surface area contributed by atoms with E-state index in [0.29, 0.717) is 44.0 Å². The predicted octanol–water partition coefficient (Wildman–Crippen LogP) is 1.92. The molecule has 1 aliphatic heterocycles. The van der Waals surface area contributed by atoms with Crippen molar-refractivity contribution in [3.05, 3.63) is 47.7 Å². The number of carboxylic acid groups (broad SMARTS) is 1. The molecule has 144 valence electrons. The molecular weight excluding hydrogens is 348 g/mol. The Bertz CT molecular complexity index is 816.